The molecule has 0 spiro atoms. The number of piperidine rings is 1. The standard InChI is InChI=1S/C20H27N5O2/c1-15(26)21-11-17-12-23-25(14-17)19-8-4-3-7-18(19)20(27)22-10-16-6-5-9-24(2)13-16/h3-4,7-8,12,14,16H,5-6,9-11,13H2,1-2H3,(H,21,26)(H,22,27). The molecule has 2 heterocycles. The van der Waals surface area contributed by atoms with Crippen molar-refractivity contribution in [3.63, 3.8) is 0 Å². The predicted molar refractivity (Wildman–Crippen MR) is 104 cm³/mol. The molecule has 1 aromatic heterocycles. The Morgan fingerprint density at radius 1 is 1.26 bits per heavy atom. The van der Waals surface area contributed by atoms with Gasteiger partial charge in [-0.25, -0.2) is 4.68 Å². The van der Waals surface area contributed by atoms with Gasteiger partial charge in [0.25, 0.3) is 5.91 Å². The highest BCUT2D eigenvalue weighted by Gasteiger charge is 2.19. The Labute approximate surface area is 159 Å². The van der Waals surface area contributed by atoms with Crippen molar-refractivity contribution in [2.24, 2.45) is 5.92 Å². The lowest BCUT2D eigenvalue weighted by molar-refractivity contribution is -0.119. The molecule has 1 fully saturated rings. The zero-order valence-corrected chi connectivity index (χ0v) is 15.9. The van der Waals surface area contributed by atoms with Crippen LogP contribution in [0.3, 0.4) is 0 Å². The summed E-state index contributed by atoms with van der Waals surface area (Å²) in [6, 6.07) is 7.43. The number of likely N-dealkylation sites (tertiary alicyclic amines) is 1. The van der Waals surface area contributed by atoms with Gasteiger partial charge in [-0.05, 0) is 44.5 Å². The molecule has 27 heavy (non-hydrogen) atoms. The Balaban J connectivity index is 1.68. The molecule has 1 saturated heterocycles. The molecule has 1 aliphatic heterocycles. The fourth-order valence-corrected chi connectivity index (χ4v) is 3.45. The Bertz CT molecular complexity index is 801. The molecule has 7 heteroatoms. The molecule has 0 aliphatic carbocycles. The van der Waals surface area contributed by atoms with E-state index < -0.39 is 0 Å². The molecule has 1 atom stereocenters. The average molecular weight is 369 g/mol. The first-order valence-corrected chi connectivity index (χ1v) is 9.37. The maximum Gasteiger partial charge on any atom is 0.253 e. The number of hydrogen-bond acceptors (Lipinski definition) is 4. The van der Waals surface area contributed by atoms with Crippen molar-refractivity contribution < 1.29 is 9.59 Å². The van der Waals surface area contributed by atoms with Crippen molar-refractivity contribution in [3.05, 3.63) is 47.8 Å². The minimum Gasteiger partial charge on any atom is -0.352 e. The Kier molecular flexibility index (Phi) is 6.24. The fraction of sp³-hybridized carbons (Fsp3) is 0.450. The first kappa shape index (κ1) is 19.1. The van der Waals surface area contributed by atoms with Crippen LogP contribution in [0.5, 0.6) is 0 Å². The van der Waals surface area contributed by atoms with E-state index in [1.54, 1.807) is 10.9 Å². The molecule has 1 aliphatic rings. The summed E-state index contributed by atoms with van der Waals surface area (Å²) < 4.78 is 1.68. The monoisotopic (exact) mass is 369 g/mol. The second kappa shape index (κ2) is 8.81. The van der Waals surface area contributed by atoms with Crippen molar-refractivity contribution >= 4 is 11.8 Å². The van der Waals surface area contributed by atoms with E-state index in [1.807, 2.05) is 30.5 Å². The van der Waals surface area contributed by atoms with Crippen LogP contribution < -0.4 is 10.6 Å². The van der Waals surface area contributed by atoms with Crippen LogP contribution in [0.2, 0.25) is 0 Å². The van der Waals surface area contributed by atoms with Gasteiger partial charge in [0.15, 0.2) is 0 Å². The Morgan fingerprint density at radius 3 is 2.85 bits per heavy atom. The van der Waals surface area contributed by atoms with Gasteiger partial charge in [-0.2, -0.15) is 5.10 Å². The van der Waals surface area contributed by atoms with Gasteiger partial charge in [0.1, 0.15) is 0 Å². The van der Waals surface area contributed by atoms with E-state index in [-0.39, 0.29) is 11.8 Å². The van der Waals surface area contributed by atoms with E-state index in [2.05, 4.69) is 27.7 Å². The lowest BCUT2D eigenvalue weighted by atomic mass is 9.98. The summed E-state index contributed by atoms with van der Waals surface area (Å²) in [5, 5.41) is 10.2. The smallest absolute Gasteiger partial charge is 0.253 e. The minimum atomic E-state index is -0.0871. The highest BCUT2D eigenvalue weighted by atomic mass is 16.2. The molecule has 144 valence electrons. The Morgan fingerprint density at radius 2 is 2.07 bits per heavy atom. The van der Waals surface area contributed by atoms with Crippen molar-refractivity contribution in [3.8, 4) is 5.69 Å². The highest BCUT2D eigenvalue weighted by molar-refractivity contribution is 5.97. The van der Waals surface area contributed by atoms with E-state index in [1.165, 1.54) is 13.3 Å². The Hall–Kier alpha value is -2.67. The maximum atomic E-state index is 12.8. The molecular weight excluding hydrogens is 342 g/mol. The molecule has 2 amide bonds. The zero-order valence-electron chi connectivity index (χ0n) is 15.9. The third-order valence-corrected chi connectivity index (χ3v) is 4.85. The summed E-state index contributed by atoms with van der Waals surface area (Å²) >= 11 is 0. The van der Waals surface area contributed by atoms with Crippen molar-refractivity contribution in [2.45, 2.75) is 26.3 Å². The number of rotatable bonds is 6. The predicted octanol–water partition coefficient (Wildman–Crippen LogP) is 1.58. The zero-order chi connectivity index (χ0) is 19.2. The third kappa shape index (κ3) is 5.17. The second-order valence-corrected chi connectivity index (χ2v) is 7.20. The number of nitrogens with zero attached hydrogens (tertiary/aromatic N) is 3. The van der Waals surface area contributed by atoms with Crippen LogP contribution in [-0.2, 0) is 11.3 Å². The number of para-hydroxylation sites is 1. The molecule has 1 unspecified atom stereocenters. The maximum absolute atomic E-state index is 12.8. The normalized spacial score (nSPS) is 17.5. The number of nitrogens with one attached hydrogen (secondary N) is 2. The largest absolute Gasteiger partial charge is 0.352 e. The van der Waals surface area contributed by atoms with E-state index in [0.29, 0.717) is 24.6 Å². The van der Waals surface area contributed by atoms with Gasteiger partial charge in [-0.15, -0.1) is 0 Å². The van der Waals surface area contributed by atoms with Crippen LogP contribution in [0.15, 0.2) is 36.7 Å². The molecule has 0 bridgehead atoms. The van der Waals surface area contributed by atoms with E-state index in [4.69, 9.17) is 0 Å². The summed E-state index contributed by atoms with van der Waals surface area (Å²) in [4.78, 5) is 26.1. The van der Waals surface area contributed by atoms with Crippen LogP contribution in [0.4, 0.5) is 0 Å². The summed E-state index contributed by atoms with van der Waals surface area (Å²) in [5.74, 6) is 0.322. The first-order chi connectivity index (χ1) is 13.0. The van der Waals surface area contributed by atoms with Crippen LogP contribution in [-0.4, -0.2) is 53.2 Å². The van der Waals surface area contributed by atoms with Crippen molar-refractivity contribution in [2.75, 3.05) is 26.7 Å². The molecule has 3 rings (SSSR count). The van der Waals surface area contributed by atoms with Gasteiger partial charge < -0.3 is 15.5 Å². The fourth-order valence-electron chi connectivity index (χ4n) is 3.45. The van der Waals surface area contributed by atoms with Crippen LogP contribution >= 0.6 is 0 Å². The van der Waals surface area contributed by atoms with Gasteiger partial charge in [0.2, 0.25) is 5.91 Å². The van der Waals surface area contributed by atoms with Gasteiger partial charge in [0.05, 0.1) is 17.4 Å². The topological polar surface area (TPSA) is 79.3 Å². The number of aromatic nitrogens is 2. The third-order valence-electron chi connectivity index (χ3n) is 4.85. The summed E-state index contributed by atoms with van der Waals surface area (Å²) in [7, 11) is 2.12. The highest BCUT2D eigenvalue weighted by Crippen LogP contribution is 2.17. The quantitative estimate of drug-likeness (QED) is 0.810. The number of carbonyl (C=O) groups excluding carboxylic acids is 2. The summed E-state index contributed by atoms with van der Waals surface area (Å²) in [6.45, 7) is 4.73. The lowest BCUT2D eigenvalue weighted by Gasteiger charge is -2.29. The summed E-state index contributed by atoms with van der Waals surface area (Å²) in [5.41, 5.74) is 2.20. The number of carbonyl (C=O) groups is 2. The van der Waals surface area contributed by atoms with Crippen molar-refractivity contribution in [1.82, 2.24) is 25.3 Å². The van der Waals surface area contributed by atoms with E-state index in [0.717, 1.165) is 30.8 Å². The lowest BCUT2D eigenvalue weighted by Crippen LogP contribution is -2.39. The second-order valence-electron chi connectivity index (χ2n) is 7.20. The molecule has 2 aromatic rings. The molecule has 0 radical (unpaired) electrons. The van der Waals surface area contributed by atoms with Crippen LogP contribution in [0, 0.1) is 5.92 Å². The van der Waals surface area contributed by atoms with Gasteiger partial charge >= 0.3 is 0 Å². The van der Waals surface area contributed by atoms with Gasteiger partial charge in [-0.1, -0.05) is 12.1 Å². The minimum absolute atomic E-state index is 0.0854. The van der Waals surface area contributed by atoms with E-state index in [9.17, 15) is 9.59 Å². The summed E-state index contributed by atoms with van der Waals surface area (Å²) in [6.07, 6.45) is 5.86. The molecular formula is C20H27N5O2. The number of hydrogen-bond donors (Lipinski definition) is 2. The van der Waals surface area contributed by atoms with Crippen LogP contribution in [0.1, 0.15) is 35.7 Å². The number of amides is 2. The van der Waals surface area contributed by atoms with Gasteiger partial charge in [0, 0.05) is 38.3 Å². The SMILES string of the molecule is CC(=O)NCc1cnn(-c2ccccc2C(=O)NCC2CCCN(C)C2)c1. The van der Waals surface area contributed by atoms with Gasteiger partial charge in [-0.3, -0.25) is 9.59 Å². The molecule has 0 saturated carbocycles. The molecule has 2 N–H and O–H groups in total. The van der Waals surface area contributed by atoms with Crippen LogP contribution in [0.25, 0.3) is 5.69 Å². The molecule has 7 nitrogen and oxygen atoms in total. The van der Waals surface area contributed by atoms with Crippen molar-refractivity contribution in [1.29, 1.82) is 0 Å². The first-order valence-electron chi connectivity index (χ1n) is 9.37. The average Bonchev–Trinajstić information content (AvgIpc) is 3.13. The van der Waals surface area contributed by atoms with E-state index >= 15 is 0 Å². The molecule has 1 aromatic carbocycles. The number of benzene rings is 1.